The third-order valence-corrected chi connectivity index (χ3v) is 4.00. The van der Waals surface area contributed by atoms with E-state index in [1.54, 1.807) is 49.4 Å². The number of nitrogens with one attached hydrogen (secondary N) is 1. The van der Waals surface area contributed by atoms with E-state index in [0.29, 0.717) is 34.0 Å². The van der Waals surface area contributed by atoms with Gasteiger partial charge in [-0.3, -0.25) is 4.79 Å². The highest BCUT2D eigenvalue weighted by Gasteiger charge is 2.20. The summed E-state index contributed by atoms with van der Waals surface area (Å²) < 4.78 is 10.5. The van der Waals surface area contributed by atoms with Crippen LogP contribution in [0, 0.1) is 6.92 Å². The molecule has 5 nitrogen and oxygen atoms in total. The van der Waals surface area contributed by atoms with Crippen molar-refractivity contribution in [3.63, 3.8) is 0 Å². The van der Waals surface area contributed by atoms with E-state index in [4.69, 9.17) is 21.1 Å². The molecule has 0 saturated heterocycles. The van der Waals surface area contributed by atoms with E-state index in [0.717, 1.165) is 0 Å². The molecule has 2 rings (SSSR count). The van der Waals surface area contributed by atoms with Crippen LogP contribution in [0.15, 0.2) is 42.5 Å². The number of amides is 1. The van der Waals surface area contributed by atoms with E-state index < -0.39 is 12.1 Å². The van der Waals surface area contributed by atoms with E-state index >= 15 is 0 Å². The van der Waals surface area contributed by atoms with Gasteiger partial charge in [0.05, 0.1) is 12.7 Å². The van der Waals surface area contributed by atoms with Gasteiger partial charge in [-0.1, -0.05) is 24.6 Å². The van der Waals surface area contributed by atoms with Crippen molar-refractivity contribution in [2.45, 2.75) is 26.4 Å². The monoisotopic (exact) mass is 361 g/mol. The number of benzene rings is 2. The van der Waals surface area contributed by atoms with Crippen molar-refractivity contribution in [1.82, 2.24) is 0 Å². The van der Waals surface area contributed by atoms with Crippen molar-refractivity contribution in [2.24, 2.45) is 0 Å². The minimum atomic E-state index is -0.664. The summed E-state index contributed by atoms with van der Waals surface area (Å²) in [4.78, 5) is 24.3. The van der Waals surface area contributed by atoms with Crippen LogP contribution in [0.1, 0.15) is 29.3 Å². The smallest absolute Gasteiger partial charge is 0.338 e. The minimum absolute atomic E-state index is 0.289. The number of hydrogen-bond acceptors (Lipinski definition) is 4. The van der Waals surface area contributed by atoms with Crippen LogP contribution in [0.5, 0.6) is 5.75 Å². The molecule has 0 bridgehead atoms. The van der Waals surface area contributed by atoms with Crippen LogP contribution in [0.25, 0.3) is 0 Å². The van der Waals surface area contributed by atoms with Gasteiger partial charge in [-0.15, -0.1) is 0 Å². The van der Waals surface area contributed by atoms with Crippen LogP contribution in [0.4, 0.5) is 5.69 Å². The Morgan fingerprint density at radius 2 is 1.84 bits per heavy atom. The number of halogens is 1. The molecule has 25 heavy (non-hydrogen) atoms. The fraction of sp³-hybridized carbons (Fsp3) is 0.263. The highest BCUT2D eigenvalue weighted by molar-refractivity contribution is 6.30. The van der Waals surface area contributed by atoms with Crippen molar-refractivity contribution < 1.29 is 19.1 Å². The Kier molecular flexibility index (Phi) is 6.42. The first-order valence-electron chi connectivity index (χ1n) is 7.87. The summed E-state index contributed by atoms with van der Waals surface area (Å²) in [7, 11) is 1.32. The van der Waals surface area contributed by atoms with Crippen molar-refractivity contribution in [1.29, 1.82) is 0 Å². The van der Waals surface area contributed by atoms with Crippen LogP contribution in [-0.4, -0.2) is 25.1 Å². The quantitative estimate of drug-likeness (QED) is 0.782. The second kappa shape index (κ2) is 8.53. The Bertz CT molecular complexity index is 759. The molecule has 0 spiro atoms. The zero-order valence-electron chi connectivity index (χ0n) is 14.3. The topological polar surface area (TPSA) is 64.6 Å². The fourth-order valence-electron chi connectivity index (χ4n) is 2.32. The fourth-order valence-corrected chi connectivity index (χ4v) is 2.44. The molecular formula is C19H20ClNO4. The molecule has 6 heteroatoms. The van der Waals surface area contributed by atoms with E-state index in [-0.39, 0.29) is 5.91 Å². The number of hydrogen-bond donors (Lipinski definition) is 1. The van der Waals surface area contributed by atoms with Gasteiger partial charge in [-0.2, -0.15) is 0 Å². The number of ether oxygens (including phenoxy) is 2. The number of anilines is 1. The zero-order valence-corrected chi connectivity index (χ0v) is 15.1. The highest BCUT2D eigenvalue weighted by atomic mass is 35.5. The normalized spacial score (nSPS) is 11.5. The SMILES string of the molecule is CC[C@@H](Oc1ccc(Cl)cc1)C(=O)Nc1cccc(C(=O)OC)c1C. The van der Waals surface area contributed by atoms with E-state index in [2.05, 4.69) is 5.32 Å². The van der Waals surface area contributed by atoms with Gasteiger partial charge in [0.2, 0.25) is 0 Å². The van der Waals surface area contributed by atoms with Crippen LogP contribution >= 0.6 is 11.6 Å². The molecule has 0 aliphatic rings. The first-order chi connectivity index (χ1) is 12.0. The molecule has 1 N–H and O–H groups in total. The summed E-state index contributed by atoms with van der Waals surface area (Å²) >= 11 is 5.85. The van der Waals surface area contributed by atoms with Gasteiger partial charge in [0, 0.05) is 10.7 Å². The Labute approximate surface area is 151 Å². The second-order valence-electron chi connectivity index (χ2n) is 5.43. The van der Waals surface area contributed by atoms with Crippen LogP contribution in [0.2, 0.25) is 5.02 Å². The Balaban J connectivity index is 2.14. The summed E-state index contributed by atoms with van der Waals surface area (Å²) in [6, 6.07) is 11.9. The van der Waals surface area contributed by atoms with Gasteiger partial charge in [-0.05, 0) is 55.3 Å². The summed E-state index contributed by atoms with van der Waals surface area (Å²) in [6.45, 7) is 3.61. The lowest BCUT2D eigenvalue weighted by atomic mass is 10.1. The van der Waals surface area contributed by atoms with Crippen molar-refractivity contribution in [2.75, 3.05) is 12.4 Å². The summed E-state index contributed by atoms with van der Waals surface area (Å²) in [5.74, 6) is -0.174. The number of methoxy groups -OCH3 is 1. The maximum atomic E-state index is 12.5. The maximum absolute atomic E-state index is 12.5. The van der Waals surface area contributed by atoms with E-state index in [1.165, 1.54) is 7.11 Å². The van der Waals surface area contributed by atoms with Gasteiger partial charge in [0.15, 0.2) is 6.10 Å². The Hall–Kier alpha value is -2.53. The van der Waals surface area contributed by atoms with Gasteiger partial charge in [0.25, 0.3) is 5.91 Å². The lowest BCUT2D eigenvalue weighted by Crippen LogP contribution is -2.32. The number of carbonyl (C=O) groups is 2. The molecule has 0 aromatic heterocycles. The van der Waals surface area contributed by atoms with Crippen molar-refractivity contribution >= 4 is 29.2 Å². The van der Waals surface area contributed by atoms with Crippen LogP contribution < -0.4 is 10.1 Å². The zero-order chi connectivity index (χ0) is 18.4. The predicted octanol–water partition coefficient (Wildman–Crippen LogP) is 4.23. The van der Waals surface area contributed by atoms with Gasteiger partial charge in [-0.25, -0.2) is 4.79 Å². The average molecular weight is 362 g/mol. The van der Waals surface area contributed by atoms with Crippen molar-refractivity contribution in [3.8, 4) is 5.75 Å². The number of rotatable bonds is 6. The first kappa shape index (κ1) is 18.8. The molecule has 0 fully saturated rings. The predicted molar refractivity (Wildman–Crippen MR) is 97.3 cm³/mol. The van der Waals surface area contributed by atoms with E-state index in [1.807, 2.05) is 6.92 Å². The molecule has 0 radical (unpaired) electrons. The minimum Gasteiger partial charge on any atom is -0.481 e. The molecule has 132 valence electrons. The third kappa shape index (κ3) is 4.73. The third-order valence-electron chi connectivity index (χ3n) is 3.75. The average Bonchev–Trinajstić information content (AvgIpc) is 2.62. The highest BCUT2D eigenvalue weighted by Crippen LogP contribution is 2.22. The molecule has 0 unspecified atom stereocenters. The molecule has 1 amide bonds. The first-order valence-corrected chi connectivity index (χ1v) is 8.25. The van der Waals surface area contributed by atoms with E-state index in [9.17, 15) is 9.59 Å². The van der Waals surface area contributed by atoms with Crippen LogP contribution in [-0.2, 0) is 9.53 Å². The Morgan fingerprint density at radius 3 is 2.44 bits per heavy atom. The number of esters is 1. The molecule has 0 aliphatic heterocycles. The molecule has 1 atom stereocenters. The van der Waals surface area contributed by atoms with Gasteiger partial charge >= 0.3 is 5.97 Å². The number of carbonyl (C=O) groups excluding carboxylic acids is 2. The van der Waals surface area contributed by atoms with Gasteiger partial charge in [0.1, 0.15) is 5.75 Å². The lowest BCUT2D eigenvalue weighted by Gasteiger charge is -2.18. The lowest BCUT2D eigenvalue weighted by molar-refractivity contribution is -0.122. The van der Waals surface area contributed by atoms with Gasteiger partial charge < -0.3 is 14.8 Å². The summed E-state index contributed by atoms with van der Waals surface area (Å²) in [5.41, 5.74) is 1.60. The molecule has 0 heterocycles. The molecule has 0 saturated carbocycles. The summed E-state index contributed by atoms with van der Waals surface area (Å²) in [5, 5.41) is 3.41. The second-order valence-corrected chi connectivity index (χ2v) is 5.86. The van der Waals surface area contributed by atoms with Crippen molar-refractivity contribution in [3.05, 3.63) is 58.6 Å². The molecule has 0 aliphatic carbocycles. The molecular weight excluding hydrogens is 342 g/mol. The Morgan fingerprint density at radius 1 is 1.16 bits per heavy atom. The maximum Gasteiger partial charge on any atom is 0.338 e. The molecule has 2 aromatic rings. The largest absolute Gasteiger partial charge is 0.481 e. The standard InChI is InChI=1S/C19H20ClNO4/c1-4-17(25-14-10-8-13(20)9-11-14)18(22)21-16-7-5-6-15(12(16)2)19(23)24-3/h5-11,17H,4H2,1-3H3,(H,21,22)/t17-/m1/s1. The molecule has 2 aromatic carbocycles. The van der Waals surface area contributed by atoms with Crippen LogP contribution in [0.3, 0.4) is 0 Å². The summed E-state index contributed by atoms with van der Waals surface area (Å²) in [6.07, 6.45) is -0.174.